The zero-order valence-electron chi connectivity index (χ0n) is 18.5. The summed E-state index contributed by atoms with van der Waals surface area (Å²) in [5, 5.41) is 0. The molecule has 0 bridgehead atoms. The van der Waals surface area contributed by atoms with Crippen molar-refractivity contribution in [3.63, 3.8) is 0 Å². The minimum atomic E-state index is -0.494. The minimum Gasteiger partial charge on any atom is -0.494 e. The molecule has 1 rings (SSSR count). The Morgan fingerprint density at radius 2 is 1.47 bits per heavy atom. The highest BCUT2D eigenvalue weighted by molar-refractivity contribution is 5.87. The van der Waals surface area contributed by atoms with Crippen molar-refractivity contribution in [3.05, 3.63) is 48.1 Å². The summed E-state index contributed by atoms with van der Waals surface area (Å²) < 4.78 is 15.6. The minimum absolute atomic E-state index is 0.00765. The van der Waals surface area contributed by atoms with Gasteiger partial charge in [0.15, 0.2) is 0 Å². The van der Waals surface area contributed by atoms with Crippen LogP contribution in [0.2, 0.25) is 0 Å². The third kappa shape index (κ3) is 12.8. The second-order valence-corrected chi connectivity index (χ2v) is 7.31. The standard InChI is InChI=1S/C25H36O5/c1-4-5-6-7-8-9-10-11-18-28-23-15-12-22(13-16-23)14-17-24(26)29-19-20-30-25(27)21(2)3/h12-17H,2,4-11,18-20H2,1,3H3/b17-14+. The molecule has 5 heteroatoms. The Balaban J connectivity index is 2.15. The van der Waals surface area contributed by atoms with E-state index in [2.05, 4.69) is 13.5 Å². The van der Waals surface area contributed by atoms with Crippen LogP contribution in [0.3, 0.4) is 0 Å². The summed E-state index contributed by atoms with van der Waals surface area (Å²) in [5.74, 6) is -0.153. The van der Waals surface area contributed by atoms with Crippen LogP contribution in [-0.2, 0) is 19.1 Å². The van der Waals surface area contributed by atoms with Crippen molar-refractivity contribution >= 4 is 18.0 Å². The number of hydrogen-bond donors (Lipinski definition) is 0. The van der Waals surface area contributed by atoms with Gasteiger partial charge >= 0.3 is 11.9 Å². The maximum absolute atomic E-state index is 11.7. The van der Waals surface area contributed by atoms with Crippen molar-refractivity contribution in [1.82, 2.24) is 0 Å². The van der Waals surface area contributed by atoms with E-state index < -0.39 is 11.9 Å². The van der Waals surface area contributed by atoms with Crippen LogP contribution >= 0.6 is 0 Å². The van der Waals surface area contributed by atoms with Crippen molar-refractivity contribution < 1.29 is 23.8 Å². The zero-order chi connectivity index (χ0) is 22.0. The predicted octanol–water partition coefficient (Wildman–Crippen LogP) is 5.88. The van der Waals surface area contributed by atoms with E-state index in [9.17, 15) is 9.59 Å². The molecule has 1 aromatic rings. The summed E-state index contributed by atoms with van der Waals surface area (Å²) >= 11 is 0. The maximum atomic E-state index is 11.7. The van der Waals surface area contributed by atoms with E-state index >= 15 is 0 Å². The van der Waals surface area contributed by atoms with Crippen LogP contribution in [0.15, 0.2) is 42.5 Å². The molecule has 0 fully saturated rings. The number of carbonyl (C=O) groups is 2. The lowest BCUT2D eigenvalue weighted by Crippen LogP contribution is -2.12. The molecule has 0 spiro atoms. The summed E-state index contributed by atoms with van der Waals surface area (Å²) in [6.45, 7) is 8.02. The van der Waals surface area contributed by atoms with Gasteiger partial charge in [0, 0.05) is 11.6 Å². The van der Waals surface area contributed by atoms with E-state index in [-0.39, 0.29) is 13.2 Å². The molecule has 0 unspecified atom stereocenters. The summed E-state index contributed by atoms with van der Waals surface area (Å²) in [5.41, 5.74) is 1.19. The first kappa shape index (κ1) is 25.5. The van der Waals surface area contributed by atoms with E-state index in [1.54, 1.807) is 13.0 Å². The monoisotopic (exact) mass is 416 g/mol. The van der Waals surface area contributed by atoms with E-state index in [0.29, 0.717) is 5.57 Å². The van der Waals surface area contributed by atoms with Gasteiger partial charge in [0.25, 0.3) is 0 Å². The van der Waals surface area contributed by atoms with Crippen molar-refractivity contribution in [1.29, 1.82) is 0 Å². The molecule has 0 aliphatic rings. The van der Waals surface area contributed by atoms with Crippen LogP contribution < -0.4 is 4.74 Å². The largest absolute Gasteiger partial charge is 0.494 e. The lowest BCUT2D eigenvalue weighted by Gasteiger charge is -2.06. The zero-order valence-corrected chi connectivity index (χ0v) is 18.5. The topological polar surface area (TPSA) is 61.8 Å². The second-order valence-electron chi connectivity index (χ2n) is 7.31. The summed E-state index contributed by atoms with van der Waals surface area (Å²) in [4.78, 5) is 22.9. The Labute approximate surface area is 181 Å². The predicted molar refractivity (Wildman–Crippen MR) is 120 cm³/mol. The van der Waals surface area contributed by atoms with Gasteiger partial charge in [-0.3, -0.25) is 0 Å². The number of esters is 2. The molecular weight excluding hydrogens is 380 g/mol. The van der Waals surface area contributed by atoms with Crippen molar-refractivity contribution in [2.24, 2.45) is 0 Å². The molecule has 30 heavy (non-hydrogen) atoms. The summed E-state index contributed by atoms with van der Waals surface area (Å²) in [6, 6.07) is 7.57. The molecule has 0 amide bonds. The Morgan fingerprint density at radius 1 is 0.867 bits per heavy atom. The van der Waals surface area contributed by atoms with E-state index in [0.717, 1.165) is 24.3 Å². The Kier molecular flexibility index (Phi) is 13.8. The average molecular weight is 417 g/mol. The fraction of sp³-hybridized carbons (Fsp3) is 0.520. The van der Waals surface area contributed by atoms with E-state index in [1.165, 1.54) is 51.0 Å². The van der Waals surface area contributed by atoms with Gasteiger partial charge in [-0.25, -0.2) is 9.59 Å². The molecule has 1 aromatic carbocycles. The molecule has 0 heterocycles. The van der Waals surface area contributed by atoms with Crippen molar-refractivity contribution in [3.8, 4) is 5.75 Å². The molecule has 0 aliphatic heterocycles. The van der Waals surface area contributed by atoms with Crippen LogP contribution in [0.5, 0.6) is 5.75 Å². The first-order chi connectivity index (χ1) is 14.5. The highest BCUT2D eigenvalue weighted by Crippen LogP contribution is 2.14. The molecule has 0 aromatic heterocycles. The fourth-order valence-electron chi connectivity index (χ4n) is 2.71. The Hall–Kier alpha value is -2.56. The summed E-state index contributed by atoms with van der Waals surface area (Å²) in [7, 11) is 0. The number of unbranched alkanes of at least 4 members (excludes halogenated alkanes) is 7. The van der Waals surface area contributed by atoms with Gasteiger partial charge in [-0.15, -0.1) is 0 Å². The number of ether oxygens (including phenoxy) is 3. The molecule has 0 atom stereocenters. The quantitative estimate of drug-likeness (QED) is 0.191. The van der Waals surface area contributed by atoms with Gasteiger partial charge in [0.1, 0.15) is 19.0 Å². The molecule has 5 nitrogen and oxygen atoms in total. The molecule has 0 saturated heterocycles. The highest BCUT2D eigenvalue weighted by Gasteiger charge is 2.03. The molecular formula is C25H36O5. The SMILES string of the molecule is C=C(C)C(=O)OCCOC(=O)/C=C/c1ccc(OCCCCCCCCCC)cc1. The number of rotatable bonds is 16. The first-order valence-corrected chi connectivity index (χ1v) is 10.9. The third-order valence-corrected chi connectivity index (χ3v) is 4.47. The average Bonchev–Trinajstić information content (AvgIpc) is 2.74. The van der Waals surface area contributed by atoms with Crippen LogP contribution in [0, 0.1) is 0 Å². The van der Waals surface area contributed by atoms with Gasteiger partial charge in [-0.2, -0.15) is 0 Å². The van der Waals surface area contributed by atoms with Crippen LogP contribution in [0.25, 0.3) is 6.08 Å². The highest BCUT2D eigenvalue weighted by atomic mass is 16.6. The molecule has 0 saturated carbocycles. The molecule has 0 N–H and O–H groups in total. The van der Waals surface area contributed by atoms with Gasteiger partial charge in [-0.1, -0.05) is 70.6 Å². The molecule has 0 radical (unpaired) electrons. The van der Waals surface area contributed by atoms with Crippen molar-refractivity contribution in [2.75, 3.05) is 19.8 Å². The third-order valence-electron chi connectivity index (χ3n) is 4.47. The van der Waals surface area contributed by atoms with Gasteiger partial charge in [0.05, 0.1) is 6.61 Å². The smallest absolute Gasteiger partial charge is 0.333 e. The summed E-state index contributed by atoms with van der Waals surface area (Å²) in [6.07, 6.45) is 13.2. The fourth-order valence-corrected chi connectivity index (χ4v) is 2.71. The Morgan fingerprint density at radius 3 is 2.10 bits per heavy atom. The Bertz CT molecular complexity index is 661. The van der Waals surface area contributed by atoms with Gasteiger partial charge < -0.3 is 14.2 Å². The lowest BCUT2D eigenvalue weighted by atomic mass is 10.1. The van der Waals surface area contributed by atoms with Gasteiger partial charge in [-0.05, 0) is 37.1 Å². The van der Waals surface area contributed by atoms with Crippen LogP contribution in [-0.4, -0.2) is 31.8 Å². The molecule has 166 valence electrons. The number of carbonyl (C=O) groups excluding carboxylic acids is 2. The number of hydrogen-bond acceptors (Lipinski definition) is 5. The maximum Gasteiger partial charge on any atom is 0.333 e. The molecule has 0 aliphatic carbocycles. The normalized spacial score (nSPS) is 10.7. The second kappa shape index (κ2) is 16.3. The van der Waals surface area contributed by atoms with Crippen molar-refractivity contribution in [2.45, 2.75) is 65.2 Å². The van der Waals surface area contributed by atoms with Crippen LogP contribution in [0.4, 0.5) is 0 Å². The van der Waals surface area contributed by atoms with E-state index in [4.69, 9.17) is 14.2 Å². The van der Waals surface area contributed by atoms with Crippen LogP contribution in [0.1, 0.15) is 70.8 Å². The first-order valence-electron chi connectivity index (χ1n) is 10.9. The lowest BCUT2D eigenvalue weighted by molar-refractivity contribution is -0.146. The van der Waals surface area contributed by atoms with Gasteiger partial charge in [0.2, 0.25) is 0 Å². The van der Waals surface area contributed by atoms with E-state index in [1.807, 2.05) is 24.3 Å². The number of benzene rings is 1.